The van der Waals surface area contributed by atoms with E-state index in [1.807, 2.05) is 77.1 Å². The molecule has 3 heteroatoms. The fourth-order valence-corrected chi connectivity index (χ4v) is 3.70. The van der Waals surface area contributed by atoms with Gasteiger partial charge in [-0.2, -0.15) is 0 Å². The number of allylic oxidation sites excluding steroid dienone is 1. The van der Waals surface area contributed by atoms with Gasteiger partial charge in [-0.3, -0.25) is 9.59 Å². The van der Waals surface area contributed by atoms with E-state index in [4.69, 9.17) is 0 Å². The zero-order chi connectivity index (χ0) is 25.6. The molecule has 0 saturated heterocycles. The van der Waals surface area contributed by atoms with Crippen LogP contribution < -0.4 is 0 Å². The van der Waals surface area contributed by atoms with Crippen molar-refractivity contribution in [3.05, 3.63) is 64.2 Å². The van der Waals surface area contributed by atoms with Gasteiger partial charge in [0.05, 0.1) is 0 Å². The third-order valence-corrected chi connectivity index (χ3v) is 5.51. The molecule has 0 aliphatic heterocycles. The van der Waals surface area contributed by atoms with Gasteiger partial charge in [0, 0.05) is 11.1 Å². The summed E-state index contributed by atoms with van der Waals surface area (Å²) >= 11 is 0. The first-order valence-electron chi connectivity index (χ1n) is 12.3. The van der Waals surface area contributed by atoms with Crippen molar-refractivity contribution < 1.29 is 9.59 Å². The van der Waals surface area contributed by atoms with Crippen LogP contribution in [-0.4, -0.2) is 36.1 Å². The molecule has 2 aromatic carbocycles. The Labute approximate surface area is 202 Å². The van der Waals surface area contributed by atoms with E-state index in [0.717, 1.165) is 27.8 Å². The number of carbonyl (C=O) groups excluding carboxylic acids is 2. The van der Waals surface area contributed by atoms with Gasteiger partial charge >= 0.3 is 0 Å². The third kappa shape index (κ3) is 9.09. The standard InChI is InChI=1S/C21H22O2.C7H17N.C2H6/c1-6-7-19-18(16(5)23)11-9-14(3)21(19)20-12-17(15(4)22)10-8-13(20)2;1-4-7-8(5-2)6-3;1-2/h6-12H,1-5H3;4-7H2,1-3H3;1-2H3/b7-6-;;. The SMILES string of the molecule is C/C=C\c1c(C(C)=O)ccc(C)c1-c1cc(C(C)=O)ccc1C.CC.CCCN(CC)CC. The Morgan fingerprint density at radius 1 is 0.879 bits per heavy atom. The van der Waals surface area contributed by atoms with E-state index in [1.54, 1.807) is 13.8 Å². The maximum Gasteiger partial charge on any atom is 0.160 e. The van der Waals surface area contributed by atoms with Crippen LogP contribution in [-0.2, 0) is 0 Å². The third-order valence-electron chi connectivity index (χ3n) is 5.51. The Kier molecular flexibility index (Phi) is 14.9. The molecule has 0 atom stereocenters. The van der Waals surface area contributed by atoms with Crippen molar-refractivity contribution in [2.75, 3.05) is 19.6 Å². The topological polar surface area (TPSA) is 37.4 Å². The first-order valence-corrected chi connectivity index (χ1v) is 12.3. The van der Waals surface area contributed by atoms with Gasteiger partial charge in [-0.15, -0.1) is 0 Å². The van der Waals surface area contributed by atoms with Gasteiger partial charge < -0.3 is 4.90 Å². The molecule has 0 aromatic heterocycles. The monoisotopic (exact) mass is 451 g/mol. The number of ketones is 2. The highest BCUT2D eigenvalue weighted by molar-refractivity contribution is 6.02. The maximum atomic E-state index is 12.0. The molecule has 0 bridgehead atoms. The molecule has 2 aromatic rings. The van der Waals surface area contributed by atoms with Crippen LogP contribution in [0.3, 0.4) is 0 Å². The van der Waals surface area contributed by atoms with Gasteiger partial charge in [0.15, 0.2) is 11.6 Å². The van der Waals surface area contributed by atoms with Crippen molar-refractivity contribution in [2.45, 2.75) is 75.7 Å². The molecule has 3 nitrogen and oxygen atoms in total. The van der Waals surface area contributed by atoms with Gasteiger partial charge in [0.1, 0.15) is 0 Å². The van der Waals surface area contributed by atoms with Gasteiger partial charge in [-0.1, -0.05) is 71.0 Å². The summed E-state index contributed by atoms with van der Waals surface area (Å²) in [6.07, 6.45) is 5.19. The second-order valence-electron chi connectivity index (χ2n) is 7.89. The Morgan fingerprint density at radius 2 is 1.45 bits per heavy atom. The lowest BCUT2D eigenvalue weighted by Crippen LogP contribution is -2.23. The molecule has 0 unspecified atom stereocenters. The molecule has 0 fully saturated rings. The summed E-state index contributed by atoms with van der Waals surface area (Å²) in [7, 11) is 0. The fourth-order valence-electron chi connectivity index (χ4n) is 3.70. The van der Waals surface area contributed by atoms with Crippen LogP contribution in [0.15, 0.2) is 36.4 Å². The second-order valence-corrected chi connectivity index (χ2v) is 7.89. The van der Waals surface area contributed by atoms with Crippen molar-refractivity contribution in [3.8, 4) is 11.1 Å². The van der Waals surface area contributed by atoms with Crippen LogP contribution in [0.5, 0.6) is 0 Å². The largest absolute Gasteiger partial charge is 0.304 e. The number of nitrogens with zero attached hydrogens (tertiary/aromatic N) is 1. The van der Waals surface area contributed by atoms with Crippen LogP contribution in [0.4, 0.5) is 0 Å². The highest BCUT2D eigenvalue weighted by atomic mass is 16.1. The lowest BCUT2D eigenvalue weighted by Gasteiger charge is -2.17. The fraction of sp³-hybridized carbons (Fsp3) is 0.467. The Hall–Kier alpha value is -2.52. The molecule has 0 aliphatic carbocycles. The molecular weight excluding hydrogens is 406 g/mol. The van der Waals surface area contributed by atoms with Crippen molar-refractivity contribution >= 4 is 17.6 Å². The number of hydrogen-bond acceptors (Lipinski definition) is 3. The first-order chi connectivity index (χ1) is 15.7. The lowest BCUT2D eigenvalue weighted by atomic mass is 9.87. The number of hydrogen-bond donors (Lipinski definition) is 0. The molecule has 0 amide bonds. The summed E-state index contributed by atoms with van der Waals surface area (Å²) < 4.78 is 0. The molecule has 182 valence electrons. The molecule has 33 heavy (non-hydrogen) atoms. The zero-order valence-corrected chi connectivity index (χ0v) is 22.6. The van der Waals surface area contributed by atoms with E-state index < -0.39 is 0 Å². The van der Waals surface area contributed by atoms with E-state index >= 15 is 0 Å². The van der Waals surface area contributed by atoms with E-state index in [-0.39, 0.29) is 11.6 Å². The Balaban J connectivity index is 0.000000868. The summed E-state index contributed by atoms with van der Waals surface area (Å²) in [6, 6.07) is 9.59. The van der Waals surface area contributed by atoms with E-state index in [1.165, 1.54) is 26.1 Å². The predicted octanol–water partition coefficient (Wildman–Crippen LogP) is 8.17. The molecule has 0 heterocycles. The van der Waals surface area contributed by atoms with Crippen molar-refractivity contribution in [2.24, 2.45) is 0 Å². The summed E-state index contributed by atoms with van der Waals surface area (Å²) in [6.45, 7) is 23.4. The molecule has 0 saturated carbocycles. The molecular formula is C30H45NO2. The highest BCUT2D eigenvalue weighted by Gasteiger charge is 2.16. The molecule has 0 radical (unpaired) electrons. The van der Waals surface area contributed by atoms with Gasteiger partial charge in [0.25, 0.3) is 0 Å². The predicted molar refractivity (Wildman–Crippen MR) is 145 cm³/mol. The maximum absolute atomic E-state index is 12.0. The Morgan fingerprint density at radius 3 is 1.88 bits per heavy atom. The normalized spacial score (nSPS) is 10.4. The minimum absolute atomic E-state index is 0.0409. The quantitative estimate of drug-likeness (QED) is 0.380. The number of carbonyl (C=O) groups is 2. The minimum atomic E-state index is 0.0409. The molecule has 0 N–H and O–H groups in total. The summed E-state index contributed by atoms with van der Waals surface area (Å²) in [5.74, 6) is 0.0823. The first kappa shape index (κ1) is 30.5. The van der Waals surface area contributed by atoms with Crippen LogP contribution >= 0.6 is 0 Å². The van der Waals surface area contributed by atoms with Crippen LogP contribution in [0.1, 0.15) is 99.2 Å². The van der Waals surface area contributed by atoms with Gasteiger partial charge in [-0.05, 0) is 94.6 Å². The highest BCUT2D eigenvalue weighted by Crippen LogP contribution is 2.34. The van der Waals surface area contributed by atoms with Crippen LogP contribution in [0.25, 0.3) is 17.2 Å². The Bertz CT molecular complexity index is 921. The lowest BCUT2D eigenvalue weighted by molar-refractivity contribution is 0.100. The zero-order valence-electron chi connectivity index (χ0n) is 22.6. The smallest absolute Gasteiger partial charge is 0.160 e. The second kappa shape index (κ2) is 16.1. The number of Topliss-reactive ketones (excluding diaryl/α,β-unsaturated/α-hetero) is 2. The summed E-state index contributed by atoms with van der Waals surface area (Å²) in [5, 5.41) is 0. The van der Waals surface area contributed by atoms with Crippen LogP contribution in [0.2, 0.25) is 0 Å². The molecule has 0 aliphatic rings. The summed E-state index contributed by atoms with van der Waals surface area (Å²) in [5.41, 5.74) is 6.52. The van der Waals surface area contributed by atoms with Gasteiger partial charge in [-0.25, -0.2) is 0 Å². The number of benzene rings is 2. The van der Waals surface area contributed by atoms with Crippen molar-refractivity contribution in [1.29, 1.82) is 0 Å². The van der Waals surface area contributed by atoms with E-state index in [9.17, 15) is 9.59 Å². The molecule has 0 spiro atoms. The van der Waals surface area contributed by atoms with E-state index in [0.29, 0.717) is 11.1 Å². The summed E-state index contributed by atoms with van der Waals surface area (Å²) in [4.78, 5) is 26.2. The molecule has 2 rings (SSSR count). The van der Waals surface area contributed by atoms with Crippen molar-refractivity contribution in [1.82, 2.24) is 4.90 Å². The average Bonchev–Trinajstić information content (AvgIpc) is 2.80. The van der Waals surface area contributed by atoms with Gasteiger partial charge in [0.2, 0.25) is 0 Å². The average molecular weight is 452 g/mol. The van der Waals surface area contributed by atoms with Crippen LogP contribution in [0, 0.1) is 13.8 Å². The minimum Gasteiger partial charge on any atom is -0.304 e. The van der Waals surface area contributed by atoms with Crippen molar-refractivity contribution in [3.63, 3.8) is 0 Å². The number of rotatable bonds is 8. The van der Waals surface area contributed by atoms with E-state index in [2.05, 4.69) is 25.7 Å². The number of aryl methyl sites for hydroxylation is 2.